The van der Waals surface area contributed by atoms with Crippen molar-refractivity contribution in [3.05, 3.63) is 29.1 Å². The van der Waals surface area contributed by atoms with Crippen molar-refractivity contribution < 1.29 is 22.0 Å². The minimum atomic E-state index is -2.14. The van der Waals surface area contributed by atoms with Crippen LogP contribution in [0, 0.1) is 35.0 Å². The predicted molar refractivity (Wildman–Crippen MR) is 64.7 cm³/mol. The van der Waals surface area contributed by atoms with E-state index in [0.717, 1.165) is 25.7 Å². The average molecular weight is 294 g/mol. The van der Waals surface area contributed by atoms with Crippen molar-refractivity contribution in [2.45, 2.75) is 31.7 Å². The van der Waals surface area contributed by atoms with E-state index in [1.807, 2.05) is 0 Å². The highest BCUT2D eigenvalue weighted by atomic mass is 19.2. The fourth-order valence-corrected chi connectivity index (χ4v) is 2.40. The van der Waals surface area contributed by atoms with E-state index in [2.05, 4.69) is 5.32 Å². The number of hydrogen-bond donors (Lipinski definition) is 2. The summed E-state index contributed by atoms with van der Waals surface area (Å²) in [6.07, 6.45) is 3.13. The van der Waals surface area contributed by atoms with Gasteiger partial charge in [-0.25, -0.2) is 22.0 Å². The van der Waals surface area contributed by atoms with E-state index >= 15 is 0 Å². The van der Waals surface area contributed by atoms with Crippen LogP contribution >= 0.6 is 0 Å². The largest absolute Gasteiger partial charge is 0.380 e. The summed E-state index contributed by atoms with van der Waals surface area (Å²) in [5.74, 6) is -9.55. The Morgan fingerprint density at radius 3 is 1.75 bits per heavy atom. The summed E-state index contributed by atoms with van der Waals surface area (Å²) in [6.45, 7) is 0.158. The van der Waals surface area contributed by atoms with Gasteiger partial charge in [-0.3, -0.25) is 0 Å². The Morgan fingerprint density at radius 1 is 0.800 bits per heavy atom. The van der Waals surface area contributed by atoms with Gasteiger partial charge in [0.25, 0.3) is 0 Å². The van der Waals surface area contributed by atoms with Crippen LogP contribution in [0.25, 0.3) is 0 Å². The fourth-order valence-electron chi connectivity index (χ4n) is 2.40. The van der Waals surface area contributed by atoms with E-state index in [4.69, 9.17) is 5.73 Å². The minimum absolute atomic E-state index is 0.116. The Bertz CT molecular complexity index is 469. The molecule has 0 spiro atoms. The number of rotatable bonds is 3. The third-order valence-electron chi connectivity index (χ3n) is 3.67. The Hall–Kier alpha value is -1.37. The lowest BCUT2D eigenvalue weighted by atomic mass is 9.86. The lowest BCUT2D eigenvalue weighted by molar-refractivity contribution is 0.337. The maximum Gasteiger partial charge on any atom is 0.200 e. The molecule has 7 heteroatoms. The van der Waals surface area contributed by atoms with Gasteiger partial charge in [0, 0.05) is 12.6 Å². The first-order valence-corrected chi connectivity index (χ1v) is 6.42. The molecule has 3 N–H and O–H groups in total. The van der Waals surface area contributed by atoms with Crippen LogP contribution in [0.15, 0.2) is 0 Å². The number of nitrogens with two attached hydrogens (primary N) is 1. The molecule has 2 rings (SSSR count). The molecular formula is C13H15F5N2. The molecule has 1 aliphatic rings. The fraction of sp³-hybridized carbons (Fsp3) is 0.538. The molecule has 0 amide bonds. The Labute approximate surface area is 113 Å². The summed E-state index contributed by atoms with van der Waals surface area (Å²) < 4.78 is 65.7. The first kappa shape index (κ1) is 15.0. The molecule has 2 nitrogen and oxygen atoms in total. The summed E-state index contributed by atoms with van der Waals surface area (Å²) >= 11 is 0. The lowest BCUT2D eigenvalue weighted by Crippen LogP contribution is -2.29. The SMILES string of the molecule is NC1CCC(CNc2c(F)c(F)c(F)c(F)c2F)CC1. The van der Waals surface area contributed by atoms with Crippen LogP contribution in [-0.2, 0) is 0 Å². The molecule has 0 atom stereocenters. The van der Waals surface area contributed by atoms with Crippen molar-refractivity contribution in [2.75, 3.05) is 11.9 Å². The Balaban J connectivity index is 2.10. The van der Waals surface area contributed by atoms with Crippen molar-refractivity contribution in [1.29, 1.82) is 0 Å². The third-order valence-corrected chi connectivity index (χ3v) is 3.67. The van der Waals surface area contributed by atoms with Gasteiger partial charge in [0.15, 0.2) is 23.3 Å². The molecule has 0 aliphatic heterocycles. The van der Waals surface area contributed by atoms with Crippen LogP contribution in [0.4, 0.5) is 27.6 Å². The summed E-state index contributed by atoms with van der Waals surface area (Å²) in [7, 11) is 0. The van der Waals surface area contributed by atoms with Crippen LogP contribution < -0.4 is 11.1 Å². The molecule has 1 fully saturated rings. The topological polar surface area (TPSA) is 38.0 Å². The number of hydrogen-bond acceptors (Lipinski definition) is 2. The van der Waals surface area contributed by atoms with Crippen LogP contribution in [0.5, 0.6) is 0 Å². The van der Waals surface area contributed by atoms with Gasteiger partial charge in [-0.05, 0) is 31.6 Å². The first-order chi connectivity index (χ1) is 9.41. The van der Waals surface area contributed by atoms with Crippen molar-refractivity contribution in [1.82, 2.24) is 0 Å². The van der Waals surface area contributed by atoms with Crippen LogP contribution in [0.2, 0.25) is 0 Å². The standard InChI is InChI=1S/C13H15F5N2/c14-8-9(15)11(17)13(12(18)10(8)16)20-5-6-1-3-7(19)4-2-6/h6-7,20H,1-5,19H2. The number of halogens is 5. The molecule has 0 saturated heterocycles. The van der Waals surface area contributed by atoms with Gasteiger partial charge < -0.3 is 11.1 Å². The summed E-state index contributed by atoms with van der Waals surface area (Å²) in [5, 5.41) is 2.34. The molecule has 0 radical (unpaired) electrons. The number of benzene rings is 1. The van der Waals surface area contributed by atoms with Gasteiger partial charge in [-0.15, -0.1) is 0 Å². The van der Waals surface area contributed by atoms with E-state index in [1.54, 1.807) is 0 Å². The molecule has 1 aromatic rings. The van der Waals surface area contributed by atoms with E-state index in [1.165, 1.54) is 0 Å². The summed E-state index contributed by atoms with van der Waals surface area (Å²) in [5.41, 5.74) is 4.77. The molecule has 0 bridgehead atoms. The minimum Gasteiger partial charge on any atom is -0.380 e. The first-order valence-electron chi connectivity index (χ1n) is 6.42. The smallest absolute Gasteiger partial charge is 0.200 e. The zero-order valence-corrected chi connectivity index (χ0v) is 10.7. The molecule has 1 aliphatic carbocycles. The summed E-state index contributed by atoms with van der Waals surface area (Å²) in [6, 6.07) is 0.125. The molecular weight excluding hydrogens is 279 g/mol. The van der Waals surface area contributed by atoms with Crippen LogP contribution in [-0.4, -0.2) is 12.6 Å². The highest BCUT2D eigenvalue weighted by Gasteiger charge is 2.26. The van der Waals surface area contributed by atoms with Gasteiger partial charge in [0.1, 0.15) is 5.69 Å². The Morgan fingerprint density at radius 2 is 1.25 bits per heavy atom. The zero-order chi connectivity index (χ0) is 14.9. The maximum atomic E-state index is 13.4. The van der Waals surface area contributed by atoms with Gasteiger partial charge in [-0.1, -0.05) is 0 Å². The molecule has 0 heterocycles. The summed E-state index contributed by atoms with van der Waals surface area (Å²) in [4.78, 5) is 0. The normalized spacial score (nSPS) is 22.9. The van der Waals surface area contributed by atoms with E-state index in [-0.39, 0.29) is 18.5 Å². The number of nitrogens with one attached hydrogen (secondary N) is 1. The molecule has 0 unspecified atom stereocenters. The number of anilines is 1. The lowest BCUT2D eigenvalue weighted by Gasteiger charge is -2.26. The van der Waals surface area contributed by atoms with Crippen molar-refractivity contribution in [2.24, 2.45) is 11.7 Å². The van der Waals surface area contributed by atoms with E-state index in [9.17, 15) is 22.0 Å². The highest BCUT2D eigenvalue weighted by molar-refractivity contribution is 5.47. The van der Waals surface area contributed by atoms with Crippen molar-refractivity contribution in [3.63, 3.8) is 0 Å². The van der Waals surface area contributed by atoms with Gasteiger partial charge in [0.2, 0.25) is 5.82 Å². The van der Waals surface area contributed by atoms with Crippen molar-refractivity contribution >= 4 is 5.69 Å². The van der Waals surface area contributed by atoms with Crippen LogP contribution in [0.3, 0.4) is 0 Å². The second-order valence-electron chi connectivity index (χ2n) is 5.11. The molecule has 20 heavy (non-hydrogen) atoms. The van der Waals surface area contributed by atoms with Gasteiger partial charge in [0.05, 0.1) is 0 Å². The van der Waals surface area contributed by atoms with Crippen LogP contribution in [0.1, 0.15) is 25.7 Å². The van der Waals surface area contributed by atoms with E-state index < -0.39 is 34.8 Å². The van der Waals surface area contributed by atoms with Gasteiger partial charge >= 0.3 is 0 Å². The monoisotopic (exact) mass is 294 g/mol. The van der Waals surface area contributed by atoms with Gasteiger partial charge in [-0.2, -0.15) is 0 Å². The average Bonchev–Trinajstić information content (AvgIpc) is 2.45. The maximum absolute atomic E-state index is 13.4. The predicted octanol–water partition coefficient (Wildman–Crippen LogP) is 3.31. The van der Waals surface area contributed by atoms with Crippen molar-refractivity contribution in [3.8, 4) is 0 Å². The zero-order valence-electron chi connectivity index (χ0n) is 10.7. The molecule has 1 saturated carbocycles. The second-order valence-corrected chi connectivity index (χ2v) is 5.11. The Kier molecular flexibility index (Phi) is 4.47. The van der Waals surface area contributed by atoms with E-state index in [0.29, 0.717) is 0 Å². The third kappa shape index (κ3) is 2.87. The second kappa shape index (κ2) is 5.95. The quantitative estimate of drug-likeness (QED) is 0.510. The molecule has 0 aromatic heterocycles. The molecule has 1 aromatic carbocycles. The molecule has 112 valence electrons. The highest BCUT2D eigenvalue weighted by Crippen LogP contribution is 2.29.